The third-order valence-electron chi connectivity index (χ3n) is 5.72. The van der Waals surface area contributed by atoms with Crippen LogP contribution in [0.2, 0.25) is 0 Å². The highest BCUT2D eigenvalue weighted by Crippen LogP contribution is 2.28. The number of urea groups is 1. The zero-order valence-corrected chi connectivity index (χ0v) is 14.8. The Morgan fingerprint density at radius 2 is 1.84 bits per heavy atom. The number of piperidine rings is 1. The van der Waals surface area contributed by atoms with Gasteiger partial charge in [0.2, 0.25) is 5.91 Å². The minimum Gasteiger partial charge on any atom is -0.336 e. The first-order valence-corrected chi connectivity index (χ1v) is 9.30. The zero-order chi connectivity index (χ0) is 17.4. The molecular weight excluding hydrogens is 316 g/mol. The van der Waals surface area contributed by atoms with Crippen LogP contribution >= 0.6 is 0 Å². The number of amides is 3. The molecule has 1 N–H and O–H groups in total. The molecule has 6 nitrogen and oxygen atoms in total. The highest BCUT2D eigenvalue weighted by molar-refractivity contribution is 5.99. The lowest BCUT2D eigenvalue weighted by molar-refractivity contribution is -0.122. The summed E-state index contributed by atoms with van der Waals surface area (Å²) in [5.74, 6) is 0.204. The molecule has 0 aliphatic carbocycles. The van der Waals surface area contributed by atoms with Crippen LogP contribution in [0.5, 0.6) is 0 Å². The maximum absolute atomic E-state index is 13.0. The van der Waals surface area contributed by atoms with Crippen LogP contribution < -0.4 is 10.2 Å². The van der Waals surface area contributed by atoms with E-state index in [1.165, 1.54) is 5.56 Å². The minimum absolute atomic E-state index is 0.0465. The van der Waals surface area contributed by atoms with Gasteiger partial charge in [0.25, 0.3) is 0 Å². The van der Waals surface area contributed by atoms with E-state index in [1.54, 1.807) is 0 Å². The fourth-order valence-electron chi connectivity index (χ4n) is 4.34. The van der Waals surface area contributed by atoms with Crippen LogP contribution in [-0.2, 0) is 4.79 Å². The molecule has 0 radical (unpaired) electrons. The average molecular weight is 342 g/mol. The van der Waals surface area contributed by atoms with Crippen LogP contribution in [0, 0.1) is 6.92 Å². The molecule has 0 bridgehead atoms. The Morgan fingerprint density at radius 1 is 1.04 bits per heavy atom. The molecule has 3 amide bonds. The van der Waals surface area contributed by atoms with E-state index in [-0.39, 0.29) is 24.0 Å². The molecule has 1 aromatic rings. The van der Waals surface area contributed by atoms with Gasteiger partial charge in [0.05, 0.1) is 6.04 Å². The predicted octanol–water partition coefficient (Wildman–Crippen LogP) is 1.59. The lowest BCUT2D eigenvalue weighted by atomic mass is 10.0. The van der Waals surface area contributed by atoms with E-state index in [0.29, 0.717) is 0 Å². The Bertz CT molecular complexity index is 660. The van der Waals surface area contributed by atoms with Crippen molar-refractivity contribution in [3.8, 4) is 0 Å². The molecule has 6 heteroatoms. The van der Waals surface area contributed by atoms with Gasteiger partial charge in [-0.05, 0) is 44.9 Å². The number of carbonyl (C=O) groups is 2. The molecule has 0 saturated carbocycles. The fraction of sp³-hybridized carbons (Fsp3) is 0.579. The van der Waals surface area contributed by atoms with Crippen molar-refractivity contribution in [1.29, 1.82) is 0 Å². The number of hydrogen-bond donors (Lipinski definition) is 1. The van der Waals surface area contributed by atoms with Crippen LogP contribution in [0.1, 0.15) is 24.8 Å². The van der Waals surface area contributed by atoms with Crippen molar-refractivity contribution in [3.05, 3.63) is 29.8 Å². The number of rotatable bonds is 3. The molecular formula is C19H26N4O2. The van der Waals surface area contributed by atoms with Gasteiger partial charge in [0.1, 0.15) is 0 Å². The Morgan fingerprint density at radius 3 is 2.56 bits per heavy atom. The van der Waals surface area contributed by atoms with Crippen molar-refractivity contribution < 1.29 is 9.59 Å². The highest BCUT2D eigenvalue weighted by Gasteiger charge is 2.40. The van der Waals surface area contributed by atoms with E-state index < -0.39 is 0 Å². The van der Waals surface area contributed by atoms with E-state index in [0.717, 1.165) is 57.7 Å². The summed E-state index contributed by atoms with van der Waals surface area (Å²) in [6, 6.07) is 8.41. The number of hydrogen-bond acceptors (Lipinski definition) is 3. The van der Waals surface area contributed by atoms with Crippen molar-refractivity contribution in [3.63, 3.8) is 0 Å². The van der Waals surface area contributed by atoms with Crippen LogP contribution in [0.3, 0.4) is 0 Å². The van der Waals surface area contributed by atoms with Gasteiger partial charge in [-0.2, -0.15) is 0 Å². The maximum atomic E-state index is 13.0. The van der Waals surface area contributed by atoms with E-state index in [4.69, 9.17) is 0 Å². The van der Waals surface area contributed by atoms with Crippen molar-refractivity contribution in [1.82, 2.24) is 15.1 Å². The first-order valence-electron chi connectivity index (χ1n) is 9.30. The predicted molar refractivity (Wildman–Crippen MR) is 96.6 cm³/mol. The number of aryl methyl sites for hydroxylation is 1. The Balaban J connectivity index is 1.44. The second-order valence-electron chi connectivity index (χ2n) is 7.35. The second kappa shape index (κ2) is 6.67. The van der Waals surface area contributed by atoms with Crippen LogP contribution in [0.4, 0.5) is 10.5 Å². The molecule has 3 saturated heterocycles. The van der Waals surface area contributed by atoms with Crippen LogP contribution in [0.15, 0.2) is 24.3 Å². The molecule has 3 aliphatic heterocycles. The van der Waals surface area contributed by atoms with Gasteiger partial charge in [-0.25, -0.2) is 4.79 Å². The zero-order valence-electron chi connectivity index (χ0n) is 14.8. The minimum atomic E-state index is -0.0465. The van der Waals surface area contributed by atoms with Gasteiger partial charge in [-0.3, -0.25) is 9.69 Å². The molecule has 2 atom stereocenters. The van der Waals surface area contributed by atoms with Gasteiger partial charge >= 0.3 is 6.03 Å². The first kappa shape index (κ1) is 16.4. The highest BCUT2D eigenvalue weighted by atomic mass is 16.2. The van der Waals surface area contributed by atoms with E-state index >= 15 is 0 Å². The summed E-state index contributed by atoms with van der Waals surface area (Å²) >= 11 is 0. The molecule has 25 heavy (non-hydrogen) atoms. The average Bonchev–Trinajstić information content (AvgIpc) is 3.22. The Kier molecular flexibility index (Phi) is 4.37. The fourth-order valence-corrected chi connectivity index (χ4v) is 4.34. The van der Waals surface area contributed by atoms with Crippen molar-refractivity contribution in [2.24, 2.45) is 0 Å². The number of likely N-dealkylation sites (tertiary alicyclic amines) is 1. The lowest BCUT2D eigenvalue weighted by Gasteiger charge is -2.39. The number of nitrogens with one attached hydrogen (secondary N) is 1. The van der Waals surface area contributed by atoms with Gasteiger partial charge in [0.15, 0.2) is 0 Å². The normalized spacial score (nSPS) is 27.9. The quantitative estimate of drug-likeness (QED) is 0.908. The molecule has 0 unspecified atom stereocenters. The topological polar surface area (TPSA) is 55.9 Å². The van der Waals surface area contributed by atoms with Gasteiger partial charge in [0, 0.05) is 37.9 Å². The van der Waals surface area contributed by atoms with Gasteiger partial charge < -0.3 is 15.1 Å². The molecule has 1 aromatic carbocycles. The summed E-state index contributed by atoms with van der Waals surface area (Å²) in [5, 5.41) is 2.89. The van der Waals surface area contributed by atoms with Crippen molar-refractivity contribution >= 4 is 17.6 Å². The second-order valence-corrected chi connectivity index (χ2v) is 7.35. The molecule has 0 aromatic heterocycles. The number of benzene rings is 1. The van der Waals surface area contributed by atoms with Crippen LogP contribution in [-0.4, -0.2) is 66.5 Å². The number of carbonyl (C=O) groups excluding carboxylic acids is 2. The monoisotopic (exact) mass is 342 g/mol. The van der Waals surface area contributed by atoms with E-state index in [2.05, 4.69) is 29.3 Å². The molecule has 3 heterocycles. The third-order valence-corrected chi connectivity index (χ3v) is 5.72. The molecule has 0 spiro atoms. The largest absolute Gasteiger partial charge is 0.336 e. The van der Waals surface area contributed by atoms with Crippen molar-refractivity contribution in [2.75, 3.05) is 37.6 Å². The summed E-state index contributed by atoms with van der Waals surface area (Å²) in [4.78, 5) is 31.1. The summed E-state index contributed by atoms with van der Waals surface area (Å²) in [6.45, 7) is 6.11. The van der Waals surface area contributed by atoms with Gasteiger partial charge in [-0.1, -0.05) is 17.7 Å². The van der Waals surface area contributed by atoms with E-state index in [1.807, 2.05) is 21.9 Å². The SMILES string of the molecule is Cc1ccc(N2CC[C@@H](N3CCC[C@@H](N4CCNC4=O)C3)C2=O)cc1. The molecule has 134 valence electrons. The summed E-state index contributed by atoms with van der Waals surface area (Å²) in [5.41, 5.74) is 2.19. The number of anilines is 1. The van der Waals surface area contributed by atoms with Gasteiger partial charge in [-0.15, -0.1) is 0 Å². The first-order chi connectivity index (χ1) is 12.1. The Labute approximate surface area is 148 Å². The van der Waals surface area contributed by atoms with E-state index in [9.17, 15) is 9.59 Å². The molecule has 3 aliphatic rings. The Hall–Kier alpha value is -2.08. The van der Waals surface area contributed by atoms with Crippen molar-refractivity contribution in [2.45, 2.75) is 38.3 Å². The lowest BCUT2D eigenvalue weighted by Crippen LogP contribution is -2.53. The summed E-state index contributed by atoms with van der Waals surface area (Å²) < 4.78 is 0. The smallest absolute Gasteiger partial charge is 0.317 e. The number of nitrogens with zero attached hydrogens (tertiary/aromatic N) is 3. The summed E-state index contributed by atoms with van der Waals surface area (Å²) in [6.07, 6.45) is 2.95. The maximum Gasteiger partial charge on any atom is 0.317 e. The standard InChI is InChI=1S/C19H26N4O2/c1-14-4-6-15(7-5-14)22-11-8-17(18(22)24)21-10-2-3-16(13-21)23-12-9-20-19(23)25/h4-7,16-17H,2-3,8-13H2,1H3,(H,20,25)/t16-,17-/m1/s1. The third kappa shape index (κ3) is 3.11. The summed E-state index contributed by atoms with van der Waals surface area (Å²) in [7, 11) is 0. The molecule has 3 fully saturated rings. The molecule has 4 rings (SSSR count). The van der Waals surface area contributed by atoms with Crippen LogP contribution in [0.25, 0.3) is 0 Å².